The molecule has 0 amide bonds. The summed E-state index contributed by atoms with van der Waals surface area (Å²) in [6.07, 6.45) is 5.46. The largest absolute Gasteiger partial charge is 0.395 e. The third kappa shape index (κ3) is 1.87. The Hall–Kier alpha value is -2.20. The predicted molar refractivity (Wildman–Crippen MR) is 70.0 cm³/mol. The third-order valence-corrected chi connectivity index (χ3v) is 2.94. The van der Waals surface area contributed by atoms with Crippen molar-refractivity contribution in [2.75, 3.05) is 6.61 Å². The summed E-state index contributed by atoms with van der Waals surface area (Å²) in [6, 6.07) is 9.96. The van der Waals surface area contributed by atoms with Crippen LogP contribution in [-0.4, -0.2) is 26.2 Å². The van der Waals surface area contributed by atoms with Gasteiger partial charge in [0.2, 0.25) is 0 Å². The summed E-state index contributed by atoms with van der Waals surface area (Å²) in [5, 5.41) is 10.1. The number of fused-ring (bicyclic) bond motifs is 1. The third-order valence-electron chi connectivity index (χ3n) is 2.94. The molecule has 1 aromatic carbocycles. The van der Waals surface area contributed by atoms with Crippen LogP contribution in [0.25, 0.3) is 22.3 Å². The van der Waals surface area contributed by atoms with E-state index in [1.165, 1.54) is 0 Å². The Labute approximate surface area is 105 Å². The Morgan fingerprint density at radius 2 is 1.94 bits per heavy atom. The molecule has 0 unspecified atom stereocenters. The number of benzene rings is 1. The molecule has 0 aliphatic rings. The van der Waals surface area contributed by atoms with Crippen molar-refractivity contribution in [2.24, 2.45) is 0 Å². The molecule has 0 radical (unpaired) electrons. The minimum atomic E-state index is 0.146. The van der Waals surface area contributed by atoms with Gasteiger partial charge in [-0.1, -0.05) is 0 Å². The predicted octanol–water partition coefficient (Wildman–Crippen LogP) is 2.09. The molecular weight excluding hydrogens is 226 g/mol. The summed E-state index contributed by atoms with van der Waals surface area (Å²) in [6.45, 7) is 0.762. The van der Waals surface area contributed by atoms with E-state index in [0.29, 0.717) is 6.54 Å². The monoisotopic (exact) mass is 239 g/mol. The highest BCUT2D eigenvalue weighted by atomic mass is 16.3. The van der Waals surface area contributed by atoms with Gasteiger partial charge >= 0.3 is 0 Å². The van der Waals surface area contributed by atoms with Crippen molar-refractivity contribution < 1.29 is 5.11 Å². The summed E-state index contributed by atoms with van der Waals surface area (Å²) in [5.74, 6) is 0.731. The Bertz CT molecular complexity index is 661. The van der Waals surface area contributed by atoms with Gasteiger partial charge < -0.3 is 9.67 Å². The van der Waals surface area contributed by atoms with Gasteiger partial charge in [-0.15, -0.1) is 0 Å². The summed E-state index contributed by atoms with van der Waals surface area (Å²) in [4.78, 5) is 8.48. The van der Waals surface area contributed by atoms with Crippen LogP contribution in [0.15, 0.2) is 48.9 Å². The Kier molecular flexibility index (Phi) is 2.78. The second-order valence-electron chi connectivity index (χ2n) is 4.08. The normalized spacial score (nSPS) is 10.9. The van der Waals surface area contributed by atoms with Crippen LogP contribution >= 0.6 is 0 Å². The number of aliphatic hydroxyl groups is 1. The minimum Gasteiger partial charge on any atom is -0.395 e. The van der Waals surface area contributed by atoms with Gasteiger partial charge in [0.15, 0.2) is 5.82 Å². The van der Waals surface area contributed by atoms with Crippen molar-refractivity contribution in [2.45, 2.75) is 6.54 Å². The lowest BCUT2D eigenvalue weighted by Crippen LogP contribution is -1.99. The molecule has 0 atom stereocenters. The van der Waals surface area contributed by atoms with E-state index in [0.717, 1.165) is 22.3 Å². The standard InChI is InChI=1S/C14H13N3O/c18-9-8-17-7-4-11-10-12(2-3-13(11)17)14-15-5-1-6-16-14/h1-7,10,18H,8-9H2. The van der Waals surface area contributed by atoms with Gasteiger partial charge in [-0.3, -0.25) is 0 Å². The molecule has 0 spiro atoms. The average molecular weight is 239 g/mol. The fraction of sp³-hybridized carbons (Fsp3) is 0.143. The van der Waals surface area contributed by atoms with Gasteiger partial charge in [-0.05, 0) is 30.3 Å². The maximum Gasteiger partial charge on any atom is 0.159 e. The highest BCUT2D eigenvalue weighted by Crippen LogP contribution is 2.22. The van der Waals surface area contributed by atoms with Gasteiger partial charge in [0, 0.05) is 41.6 Å². The van der Waals surface area contributed by atoms with Crippen molar-refractivity contribution in [3.8, 4) is 11.4 Å². The minimum absolute atomic E-state index is 0.146. The molecule has 0 saturated carbocycles. The van der Waals surface area contributed by atoms with E-state index in [2.05, 4.69) is 16.0 Å². The van der Waals surface area contributed by atoms with E-state index in [4.69, 9.17) is 5.11 Å². The fourth-order valence-corrected chi connectivity index (χ4v) is 2.09. The van der Waals surface area contributed by atoms with E-state index in [1.54, 1.807) is 18.5 Å². The van der Waals surface area contributed by atoms with Gasteiger partial charge in [0.25, 0.3) is 0 Å². The van der Waals surface area contributed by atoms with Gasteiger partial charge in [0.05, 0.1) is 6.61 Å². The lowest BCUT2D eigenvalue weighted by Gasteiger charge is -2.03. The number of hydrogen-bond acceptors (Lipinski definition) is 3. The van der Waals surface area contributed by atoms with Gasteiger partial charge in [0.1, 0.15) is 0 Å². The maximum atomic E-state index is 8.99. The molecule has 90 valence electrons. The summed E-state index contributed by atoms with van der Waals surface area (Å²) in [7, 11) is 0. The first-order valence-electron chi connectivity index (χ1n) is 5.85. The zero-order chi connectivity index (χ0) is 12.4. The second-order valence-corrected chi connectivity index (χ2v) is 4.08. The molecule has 0 bridgehead atoms. The molecule has 3 rings (SSSR count). The summed E-state index contributed by atoms with van der Waals surface area (Å²) in [5.41, 5.74) is 2.12. The lowest BCUT2D eigenvalue weighted by atomic mass is 10.1. The van der Waals surface area contributed by atoms with Crippen LogP contribution in [0.2, 0.25) is 0 Å². The molecule has 2 aromatic heterocycles. The molecule has 4 heteroatoms. The van der Waals surface area contributed by atoms with E-state index in [1.807, 2.05) is 29.0 Å². The van der Waals surface area contributed by atoms with Crippen LogP contribution < -0.4 is 0 Å². The number of hydrogen-bond donors (Lipinski definition) is 1. The Morgan fingerprint density at radius 1 is 1.11 bits per heavy atom. The molecule has 18 heavy (non-hydrogen) atoms. The molecule has 0 aliphatic carbocycles. The quantitative estimate of drug-likeness (QED) is 0.761. The van der Waals surface area contributed by atoms with E-state index >= 15 is 0 Å². The zero-order valence-electron chi connectivity index (χ0n) is 9.82. The molecule has 2 heterocycles. The van der Waals surface area contributed by atoms with Crippen molar-refractivity contribution in [3.63, 3.8) is 0 Å². The molecule has 1 N–H and O–H groups in total. The number of nitrogens with zero attached hydrogens (tertiary/aromatic N) is 3. The summed E-state index contributed by atoms with van der Waals surface area (Å²) < 4.78 is 2.03. The summed E-state index contributed by atoms with van der Waals surface area (Å²) >= 11 is 0. The van der Waals surface area contributed by atoms with Crippen molar-refractivity contribution in [1.29, 1.82) is 0 Å². The Morgan fingerprint density at radius 3 is 2.72 bits per heavy atom. The second kappa shape index (κ2) is 4.58. The van der Waals surface area contributed by atoms with Crippen LogP contribution in [0, 0.1) is 0 Å². The molecule has 0 aliphatic heterocycles. The van der Waals surface area contributed by atoms with Gasteiger partial charge in [-0.25, -0.2) is 9.97 Å². The molecule has 0 saturated heterocycles. The highest BCUT2D eigenvalue weighted by Gasteiger charge is 2.04. The first kappa shape index (κ1) is 10.9. The SMILES string of the molecule is OCCn1ccc2cc(-c3ncccn3)ccc21. The van der Waals surface area contributed by atoms with Crippen LogP contribution in [-0.2, 0) is 6.54 Å². The van der Waals surface area contributed by atoms with Crippen LogP contribution in [0.5, 0.6) is 0 Å². The molecule has 0 fully saturated rings. The topological polar surface area (TPSA) is 50.9 Å². The van der Waals surface area contributed by atoms with Crippen molar-refractivity contribution in [1.82, 2.24) is 14.5 Å². The lowest BCUT2D eigenvalue weighted by molar-refractivity contribution is 0.278. The molecular formula is C14H13N3O. The van der Waals surface area contributed by atoms with Gasteiger partial charge in [-0.2, -0.15) is 0 Å². The number of aromatic nitrogens is 3. The highest BCUT2D eigenvalue weighted by molar-refractivity contribution is 5.84. The smallest absolute Gasteiger partial charge is 0.159 e. The number of aliphatic hydroxyl groups excluding tert-OH is 1. The van der Waals surface area contributed by atoms with E-state index in [-0.39, 0.29) is 6.61 Å². The first-order valence-corrected chi connectivity index (χ1v) is 5.85. The number of rotatable bonds is 3. The fourth-order valence-electron chi connectivity index (χ4n) is 2.09. The van der Waals surface area contributed by atoms with E-state index in [9.17, 15) is 0 Å². The zero-order valence-corrected chi connectivity index (χ0v) is 9.82. The molecule has 4 nitrogen and oxygen atoms in total. The van der Waals surface area contributed by atoms with Crippen molar-refractivity contribution in [3.05, 3.63) is 48.9 Å². The average Bonchev–Trinajstić information content (AvgIpc) is 2.83. The first-order chi connectivity index (χ1) is 8.88. The van der Waals surface area contributed by atoms with Crippen LogP contribution in [0.1, 0.15) is 0 Å². The Balaban J connectivity index is 2.07. The van der Waals surface area contributed by atoms with Crippen molar-refractivity contribution >= 4 is 10.9 Å². The van der Waals surface area contributed by atoms with E-state index < -0.39 is 0 Å². The molecule has 3 aromatic rings. The van der Waals surface area contributed by atoms with Crippen LogP contribution in [0.4, 0.5) is 0 Å². The maximum absolute atomic E-state index is 8.99. The van der Waals surface area contributed by atoms with Crippen LogP contribution in [0.3, 0.4) is 0 Å².